The van der Waals surface area contributed by atoms with Gasteiger partial charge in [-0.05, 0) is 36.0 Å². The molecule has 0 spiro atoms. The molecule has 0 radical (unpaired) electrons. The summed E-state index contributed by atoms with van der Waals surface area (Å²) in [5, 5.41) is 0.981. The molecule has 0 N–H and O–H groups in total. The van der Waals surface area contributed by atoms with Crippen molar-refractivity contribution < 1.29 is 0 Å². The normalized spacial score (nSPS) is 11.7. The summed E-state index contributed by atoms with van der Waals surface area (Å²) in [5.74, 6) is 0. The van der Waals surface area contributed by atoms with Gasteiger partial charge in [-0.3, -0.25) is 4.98 Å². The fraction of sp³-hybridized carbons (Fsp3) is 0.389. The highest BCUT2D eigenvalue weighted by Gasteiger charge is 2.13. The molecular weight excluding hydrogens is 310 g/mol. The number of rotatable bonds is 3. The highest BCUT2D eigenvalue weighted by atomic mass is 79.9. The van der Waals surface area contributed by atoms with E-state index in [0.717, 1.165) is 23.1 Å². The molecule has 0 amide bonds. The predicted molar refractivity (Wildman–Crippen MR) is 90.6 cm³/mol. The summed E-state index contributed by atoms with van der Waals surface area (Å²) < 4.78 is 0. The maximum atomic E-state index is 4.73. The maximum Gasteiger partial charge on any atom is 0.0705 e. The van der Waals surface area contributed by atoms with Gasteiger partial charge in [0.05, 0.1) is 5.69 Å². The lowest BCUT2D eigenvalue weighted by molar-refractivity contribution is 0.590. The van der Waals surface area contributed by atoms with Crippen LogP contribution < -0.4 is 0 Å². The molecule has 0 aliphatic rings. The quantitative estimate of drug-likeness (QED) is 0.696. The van der Waals surface area contributed by atoms with Crippen LogP contribution in [0.15, 0.2) is 36.4 Å². The van der Waals surface area contributed by atoms with Crippen molar-refractivity contribution in [3.63, 3.8) is 0 Å². The second-order valence-corrected chi connectivity index (χ2v) is 7.00. The third kappa shape index (κ3) is 3.49. The largest absolute Gasteiger partial charge is 0.253 e. The molecule has 0 atom stereocenters. The van der Waals surface area contributed by atoms with E-state index in [1.807, 2.05) is 0 Å². The minimum absolute atomic E-state index is 0.196. The van der Waals surface area contributed by atoms with Gasteiger partial charge in [-0.25, -0.2) is 0 Å². The second-order valence-electron chi connectivity index (χ2n) is 6.21. The van der Waals surface area contributed by atoms with Crippen molar-refractivity contribution in [1.82, 2.24) is 4.98 Å². The molecule has 0 saturated heterocycles. The van der Waals surface area contributed by atoms with Gasteiger partial charge < -0.3 is 0 Å². The predicted octanol–water partition coefficient (Wildman–Crippen LogP) is 5.29. The molecule has 0 aliphatic heterocycles. The number of nitrogens with zero attached hydrogens (tertiary/aromatic N) is 1. The Hall–Kier alpha value is -1.15. The number of aromatic nitrogens is 1. The summed E-state index contributed by atoms with van der Waals surface area (Å²) in [7, 11) is 0. The molecule has 1 aromatic heterocycles. The first-order valence-electron chi connectivity index (χ1n) is 7.05. The molecule has 0 fully saturated rings. The highest BCUT2D eigenvalue weighted by molar-refractivity contribution is 9.09. The van der Waals surface area contributed by atoms with Gasteiger partial charge in [0.15, 0.2) is 0 Å². The standard InChI is InChI=1S/C18H22BrN/c1-13-14(11-12-19)7-10-17(20-13)15-5-8-16(9-6-15)18(2,3)4/h5-10H,11-12H2,1-4H3. The van der Waals surface area contributed by atoms with E-state index < -0.39 is 0 Å². The van der Waals surface area contributed by atoms with Gasteiger partial charge in [0.25, 0.3) is 0 Å². The SMILES string of the molecule is Cc1nc(-c2ccc(C(C)(C)C)cc2)ccc1CCBr. The molecule has 1 aromatic carbocycles. The van der Waals surface area contributed by atoms with Crippen molar-refractivity contribution in [2.75, 3.05) is 5.33 Å². The Morgan fingerprint density at radius 1 is 1.00 bits per heavy atom. The molecule has 106 valence electrons. The van der Waals surface area contributed by atoms with E-state index in [-0.39, 0.29) is 5.41 Å². The fourth-order valence-electron chi connectivity index (χ4n) is 2.26. The minimum Gasteiger partial charge on any atom is -0.253 e. The summed E-state index contributed by atoms with van der Waals surface area (Å²) in [5.41, 5.74) is 6.24. The van der Waals surface area contributed by atoms with Gasteiger partial charge in [0, 0.05) is 16.6 Å². The van der Waals surface area contributed by atoms with E-state index >= 15 is 0 Å². The van der Waals surface area contributed by atoms with Crippen LogP contribution in [0.3, 0.4) is 0 Å². The van der Waals surface area contributed by atoms with Gasteiger partial charge >= 0.3 is 0 Å². The summed E-state index contributed by atoms with van der Waals surface area (Å²) in [6.45, 7) is 8.80. The zero-order chi connectivity index (χ0) is 14.8. The average molecular weight is 332 g/mol. The third-order valence-corrected chi connectivity index (χ3v) is 4.00. The molecular formula is C18H22BrN. The molecule has 2 aromatic rings. The monoisotopic (exact) mass is 331 g/mol. The van der Waals surface area contributed by atoms with E-state index in [1.165, 1.54) is 16.7 Å². The number of benzene rings is 1. The Bertz CT molecular complexity index is 579. The van der Waals surface area contributed by atoms with Gasteiger partial charge in [-0.15, -0.1) is 0 Å². The Kier molecular flexibility index (Phi) is 4.64. The smallest absolute Gasteiger partial charge is 0.0705 e. The number of aryl methyl sites for hydroxylation is 2. The Morgan fingerprint density at radius 2 is 1.65 bits per heavy atom. The van der Waals surface area contributed by atoms with E-state index in [4.69, 9.17) is 4.98 Å². The maximum absolute atomic E-state index is 4.73. The Morgan fingerprint density at radius 3 is 2.15 bits per heavy atom. The number of alkyl halides is 1. The summed E-state index contributed by atoms with van der Waals surface area (Å²) >= 11 is 3.48. The van der Waals surface area contributed by atoms with Crippen LogP contribution in [0, 0.1) is 6.92 Å². The molecule has 1 nitrogen and oxygen atoms in total. The first kappa shape index (κ1) is 15.2. The van der Waals surface area contributed by atoms with Crippen LogP contribution in [0.4, 0.5) is 0 Å². The second kappa shape index (κ2) is 6.09. The topological polar surface area (TPSA) is 12.9 Å². The number of hydrogen-bond donors (Lipinski definition) is 0. The zero-order valence-corrected chi connectivity index (χ0v) is 14.3. The molecule has 20 heavy (non-hydrogen) atoms. The van der Waals surface area contributed by atoms with Crippen LogP contribution in [0.1, 0.15) is 37.6 Å². The molecule has 1 heterocycles. The first-order chi connectivity index (χ1) is 9.41. The molecule has 0 saturated carbocycles. The third-order valence-electron chi connectivity index (χ3n) is 3.61. The van der Waals surface area contributed by atoms with Crippen LogP contribution in [0.5, 0.6) is 0 Å². The number of pyridine rings is 1. The fourth-order valence-corrected chi connectivity index (χ4v) is 2.68. The molecule has 0 bridgehead atoms. The first-order valence-corrected chi connectivity index (χ1v) is 8.17. The van der Waals surface area contributed by atoms with Crippen molar-refractivity contribution in [3.05, 3.63) is 53.2 Å². The summed E-state index contributed by atoms with van der Waals surface area (Å²) in [6.07, 6.45) is 1.03. The van der Waals surface area contributed by atoms with E-state index in [0.29, 0.717) is 0 Å². The summed E-state index contributed by atoms with van der Waals surface area (Å²) in [6, 6.07) is 13.1. The van der Waals surface area contributed by atoms with Crippen molar-refractivity contribution in [2.45, 2.75) is 39.5 Å². The lowest BCUT2D eigenvalue weighted by Crippen LogP contribution is -2.10. The van der Waals surface area contributed by atoms with Crippen molar-refractivity contribution in [2.24, 2.45) is 0 Å². The molecule has 0 aliphatic carbocycles. The van der Waals surface area contributed by atoms with Crippen LogP contribution in [0.25, 0.3) is 11.3 Å². The van der Waals surface area contributed by atoms with Crippen molar-refractivity contribution >= 4 is 15.9 Å². The molecule has 2 heteroatoms. The van der Waals surface area contributed by atoms with Gasteiger partial charge in [0.1, 0.15) is 0 Å². The minimum atomic E-state index is 0.196. The lowest BCUT2D eigenvalue weighted by Gasteiger charge is -2.19. The van der Waals surface area contributed by atoms with Crippen molar-refractivity contribution in [1.29, 1.82) is 0 Å². The van der Waals surface area contributed by atoms with Gasteiger partial charge in [-0.2, -0.15) is 0 Å². The average Bonchev–Trinajstić information content (AvgIpc) is 2.40. The van der Waals surface area contributed by atoms with E-state index in [2.05, 4.69) is 80.0 Å². The number of halogens is 1. The Labute approximate surface area is 130 Å². The van der Waals surface area contributed by atoms with Crippen LogP contribution in [-0.2, 0) is 11.8 Å². The van der Waals surface area contributed by atoms with Crippen LogP contribution >= 0.6 is 15.9 Å². The van der Waals surface area contributed by atoms with Crippen LogP contribution in [-0.4, -0.2) is 10.3 Å². The Balaban J connectivity index is 2.30. The van der Waals surface area contributed by atoms with Gasteiger partial charge in [0.2, 0.25) is 0 Å². The summed E-state index contributed by atoms with van der Waals surface area (Å²) in [4.78, 5) is 4.73. The van der Waals surface area contributed by atoms with Crippen molar-refractivity contribution in [3.8, 4) is 11.3 Å². The number of hydrogen-bond acceptors (Lipinski definition) is 1. The van der Waals surface area contributed by atoms with Crippen LogP contribution in [0.2, 0.25) is 0 Å². The highest BCUT2D eigenvalue weighted by Crippen LogP contribution is 2.26. The zero-order valence-electron chi connectivity index (χ0n) is 12.7. The van der Waals surface area contributed by atoms with Gasteiger partial charge in [-0.1, -0.05) is 67.0 Å². The lowest BCUT2D eigenvalue weighted by atomic mass is 9.86. The molecule has 2 rings (SSSR count). The molecule has 0 unspecified atom stereocenters. The van der Waals surface area contributed by atoms with E-state index in [1.54, 1.807) is 0 Å². The van der Waals surface area contributed by atoms with E-state index in [9.17, 15) is 0 Å².